The fourth-order valence-electron chi connectivity index (χ4n) is 2.37. The first-order valence-corrected chi connectivity index (χ1v) is 7.52. The number of nitrogen functional groups attached to an aromatic ring is 1. The Hall–Kier alpha value is -1.84. The summed E-state index contributed by atoms with van der Waals surface area (Å²) in [5, 5.41) is 3.46. The third-order valence-electron chi connectivity index (χ3n) is 3.56. The molecule has 0 saturated heterocycles. The van der Waals surface area contributed by atoms with Crippen molar-refractivity contribution in [3.63, 3.8) is 0 Å². The Labute approximate surface area is 127 Å². The molecule has 0 aliphatic carbocycles. The Morgan fingerprint density at radius 1 is 1.00 bits per heavy atom. The Balaban J connectivity index is 1.60. The van der Waals surface area contributed by atoms with E-state index in [1.807, 2.05) is 18.2 Å². The molecule has 0 unspecified atom stereocenters. The Bertz CT molecular complexity index is 525. The minimum absolute atomic E-state index is 0.842. The van der Waals surface area contributed by atoms with Gasteiger partial charge < -0.3 is 16.0 Å². The fourth-order valence-corrected chi connectivity index (χ4v) is 2.37. The van der Waals surface area contributed by atoms with Crippen LogP contribution in [0.3, 0.4) is 0 Å². The van der Waals surface area contributed by atoms with Crippen LogP contribution in [0.2, 0.25) is 0 Å². The van der Waals surface area contributed by atoms with Gasteiger partial charge in [-0.3, -0.25) is 0 Å². The van der Waals surface area contributed by atoms with E-state index in [2.05, 4.69) is 53.7 Å². The summed E-state index contributed by atoms with van der Waals surface area (Å²) in [5.41, 5.74) is 9.33. The van der Waals surface area contributed by atoms with Crippen molar-refractivity contribution in [3.05, 3.63) is 65.7 Å². The maximum atomic E-state index is 5.92. The second-order valence-electron chi connectivity index (χ2n) is 5.45. The van der Waals surface area contributed by atoms with Crippen molar-refractivity contribution in [2.24, 2.45) is 0 Å². The Morgan fingerprint density at radius 2 is 1.71 bits per heavy atom. The lowest BCUT2D eigenvalue weighted by Crippen LogP contribution is -2.24. The van der Waals surface area contributed by atoms with Crippen molar-refractivity contribution in [2.75, 3.05) is 25.9 Å². The van der Waals surface area contributed by atoms with E-state index in [-0.39, 0.29) is 0 Å². The number of rotatable bonds is 8. The van der Waals surface area contributed by atoms with Crippen molar-refractivity contribution in [1.29, 1.82) is 0 Å². The molecule has 0 aliphatic rings. The predicted molar refractivity (Wildman–Crippen MR) is 90.0 cm³/mol. The summed E-state index contributed by atoms with van der Waals surface area (Å²) in [7, 11) is 2.17. The highest BCUT2D eigenvalue weighted by atomic mass is 15.1. The zero-order valence-corrected chi connectivity index (χ0v) is 12.8. The van der Waals surface area contributed by atoms with E-state index in [1.165, 1.54) is 11.1 Å². The van der Waals surface area contributed by atoms with Crippen molar-refractivity contribution >= 4 is 5.69 Å². The van der Waals surface area contributed by atoms with Gasteiger partial charge in [-0.1, -0.05) is 48.5 Å². The predicted octanol–water partition coefficient (Wildman–Crippen LogP) is 2.88. The van der Waals surface area contributed by atoms with E-state index in [0.717, 1.165) is 38.3 Å². The topological polar surface area (TPSA) is 41.3 Å². The molecule has 3 N–H and O–H groups in total. The average molecular weight is 283 g/mol. The lowest BCUT2D eigenvalue weighted by molar-refractivity contribution is 0.319. The molecule has 0 amide bonds. The normalized spacial score (nSPS) is 11.0. The molecule has 2 aromatic rings. The van der Waals surface area contributed by atoms with Crippen LogP contribution in [-0.2, 0) is 13.1 Å². The lowest BCUT2D eigenvalue weighted by atomic mass is 10.2. The molecular weight excluding hydrogens is 258 g/mol. The van der Waals surface area contributed by atoms with Gasteiger partial charge in [0.2, 0.25) is 0 Å². The smallest absolute Gasteiger partial charge is 0.0359 e. The summed E-state index contributed by atoms with van der Waals surface area (Å²) in [6.07, 6.45) is 1.13. The molecule has 0 aromatic heterocycles. The molecular formula is C18H25N3. The van der Waals surface area contributed by atoms with Crippen LogP contribution in [0, 0.1) is 0 Å². The van der Waals surface area contributed by atoms with Gasteiger partial charge in [0.25, 0.3) is 0 Å². The molecule has 3 nitrogen and oxygen atoms in total. The molecule has 21 heavy (non-hydrogen) atoms. The van der Waals surface area contributed by atoms with Crippen LogP contribution in [-0.4, -0.2) is 25.0 Å². The number of hydrogen-bond acceptors (Lipinski definition) is 3. The zero-order valence-electron chi connectivity index (χ0n) is 12.8. The van der Waals surface area contributed by atoms with Gasteiger partial charge in [0, 0.05) is 18.8 Å². The third-order valence-corrected chi connectivity index (χ3v) is 3.56. The number of anilines is 1. The SMILES string of the molecule is CN(CCCNCc1ccccc1N)Cc1ccccc1. The van der Waals surface area contributed by atoms with Gasteiger partial charge >= 0.3 is 0 Å². The number of para-hydroxylation sites is 1. The summed E-state index contributed by atoms with van der Waals surface area (Å²) in [5.74, 6) is 0. The highest BCUT2D eigenvalue weighted by Crippen LogP contribution is 2.09. The molecule has 112 valence electrons. The summed E-state index contributed by atoms with van der Waals surface area (Å²) in [6, 6.07) is 18.6. The number of nitrogens with zero attached hydrogens (tertiary/aromatic N) is 1. The minimum atomic E-state index is 0.842. The van der Waals surface area contributed by atoms with Crippen LogP contribution in [0.4, 0.5) is 5.69 Å². The molecule has 0 fully saturated rings. The van der Waals surface area contributed by atoms with E-state index in [1.54, 1.807) is 0 Å². The van der Waals surface area contributed by atoms with Crippen LogP contribution < -0.4 is 11.1 Å². The summed E-state index contributed by atoms with van der Waals surface area (Å²) in [6.45, 7) is 3.95. The molecule has 2 aromatic carbocycles. The second-order valence-corrected chi connectivity index (χ2v) is 5.45. The van der Waals surface area contributed by atoms with E-state index in [9.17, 15) is 0 Å². The Morgan fingerprint density at radius 3 is 2.48 bits per heavy atom. The number of nitrogens with two attached hydrogens (primary N) is 1. The highest BCUT2D eigenvalue weighted by Gasteiger charge is 2.00. The number of nitrogens with one attached hydrogen (secondary N) is 1. The van der Waals surface area contributed by atoms with Gasteiger partial charge in [-0.2, -0.15) is 0 Å². The van der Waals surface area contributed by atoms with Gasteiger partial charge in [-0.05, 0) is 43.8 Å². The first-order valence-electron chi connectivity index (χ1n) is 7.52. The first-order chi connectivity index (χ1) is 10.3. The highest BCUT2D eigenvalue weighted by molar-refractivity contribution is 5.46. The van der Waals surface area contributed by atoms with Gasteiger partial charge in [0.15, 0.2) is 0 Å². The van der Waals surface area contributed by atoms with Gasteiger partial charge in [-0.25, -0.2) is 0 Å². The maximum absolute atomic E-state index is 5.92. The summed E-state index contributed by atoms with van der Waals surface area (Å²) < 4.78 is 0. The summed E-state index contributed by atoms with van der Waals surface area (Å²) >= 11 is 0. The molecule has 0 saturated carbocycles. The van der Waals surface area contributed by atoms with Gasteiger partial charge in [-0.15, -0.1) is 0 Å². The van der Waals surface area contributed by atoms with Crippen molar-refractivity contribution in [2.45, 2.75) is 19.5 Å². The zero-order chi connectivity index (χ0) is 14.9. The van der Waals surface area contributed by atoms with E-state index < -0.39 is 0 Å². The van der Waals surface area contributed by atoms with Crippen LogP contribution in [0.5, 0.6) is 0 Å². The molecule has 0 radical (unpaired) electrons. The molecule has 0 bridgehead atoms. The molecule has 0 spiro atoms. The quantitative estimate of drug-likeness (QED) is 0.578. The second kappa shape index (κ2) is 8.45. The monoisotopic (exact) mass is 283 g/mol. The van der Waals surface area contributed by atoms with E-state index in [4.69, 9.17) is 5.73 Å². The number of benzene rings is 2. The van der Waals surface area contributed by atoms with Crippen molar-refractivity contribution in [1.82, 2.24) is 10.2 Å². The van der Waals surface area contributed by atoms with Crippen LogP contribution in [0.15, 0.2) is 54.6 Å². The van der Waals surface area contributed by atoms with E-state index >= 15 is 0 Å². The van der Waals surface area contributed by atoms with Crippen LogP contribution in [0.1, 0.15) is 17.5 Å². The molecule has 0 atom stereocenters. The maximum Gasteiger partial charge on any atom is 0.0359 e. The minimum Gasteiger partial charge on any atom is -0.398 e. The third kappa shape index (κ3) is 5.58. The molecule has 2 rings (SSSR count). The van der Waals surface area contributed by atoms with Crippen molar-refractivity contribution in [3.8, 4) is 0 Å². The average Bonchev–Trinajstić information content (AvgIpc) is 2.50. The largest absolute Gasteiger partial charge is 0.398 e. The molecule has 3 heteroatoms. The lowest BCUT2D eigenvalue weighted by Gasteiger charge is -2.16. The number of hydrogen-bond donors (Lipinski definition) is 2. The van der Waals surface area contributed by atoms with Crippen molar-refractivity contribution < 1.29 is 0 Å². The van der Waals surface area contributed by atoms with Gasteiger partial charge in [0.1, 0.15) is 0 Å². The molecule has 0 heterocycles. The summed E-state index contributed by atoms with van der Waals surface area (Å²) in [4.78, 5) is 2.36. The van der Waals surface area contributed by atoms with Gasteiger partial charge in [0.05, 0.1) is 0 Å². The van der Waals surface area contributed by atoms with Crippen LogP contribution >= 0.6 is 0 Å². The molecule has 0 aliphatic heterocycles. The standard InChI is InChI=1S/C18H25N3/c1-21(15-16-8-3-2-4-9-16)13-7-12-20-14-17-10-5-6-11-18(17)19/h2-6,8-11,20H,7,12-15,19H2,1H3. The van der Waals surface area contributed by atoms with E-state index in [0.29, 0.717) is 0 Å². The fraction of sp³-hybridized carbons (Fsp3) is 0.333. The Kier molecular flexibility index (Phi) is 6.25. The first kappa shape index (κ1) is 15.5. The van der Waals surface area contributed by atoms with Crippen LogP contribution in [0.25, 0.3) is 0 Å².